The maximum atomic E-state index is 13.1. The first-order valence-electron chi connectivity index (χ1n) is 9.98. The number of nitrogens with one attached hydrogen (secondary N) is 1. The summed E-state index contributed by atoms with van der Waals surface area (Å²) in [5, 5.41) is 15.7. The number of carbonyl (C=O) groups excluding carboxylic acids is 2. The van der Waals surface area contributed by atoms with Gasteiger partial charge in [-0.3, -0.25) is 19.3 Å². The van der Waals surface area contributed by atoms with E-state index in [1.54, 1.807) is 10.8 Å². The zero-order chi connectivity index (χ0) is 24.5. The molecule has 34 heavy (non-hydrogen) atoms. The third kappa shape index (κ3) is 4.64. The Morgan fingerprint density at radius 1 is 1.15 bits per heavy atom. The van der Waals surface area contributed by atoms with Crippen LogP contribution in [0, 0.1) is 6.92 Å². The number of anilines is 1. The standard InChI is InChI=1S/C21H18F3N7O3/c1-12-4-17(21(22,23)24)29-31(12)10-18(33)28-14-5-13(6-25-7-14)19(34)16-9-30(2-3-32)20-15(16)8-26-11-27-20/h4-9,11,32H,2-3,10H2,1H3,(H,28,33). The number of aryl methyl sites for hydroxylation is 1. The SMILES string of the molecule is Cc1cc(C(F)(F)F)nn1CC(=O)Nc1cncc(C(=O)c2cn(CCO)c3ncncc23)c1. The predicted molar refractivity (Wildman–Crippen MR) is 113 cm³/mol. The van der Waals surface area contributed by atoms with Gasteiger partial charge in [-0.1, -0.05) is 0 Å². The van der Waals surface area contributed by atoms with Gasteiger partial charge in [0, 0.05) is 41.8 Å². The van der Waals surface area contributed by atoms with Gasteiger partial charge in [0.2, 0.25) is 5.91 Å². The van der Waals surface area contributed by atoms with Crippen molar-refractivity contribution in [2.75, 3.05) is 11.9 Å². The summed E-state index contributed by atoms with van der Waals surface area (Å²) in [5.74, 6) is -1.04. The molecule has 1 amide bonds. The zero-order valence-corrected chi connectivity index (χ0v) is 17.7. The highest BCUT2D eigenvalue weighted by molar-refractivity contribution is 6.16. The Kier molecular flexibility index (Phi) is 6.11. The summed E-state index contributed by atoms with van der Waals surface area (Å²) < 4.78 is 41.1. The Hall–Kier alpha value is -4.13. The molecule has 0 saturated carbocycles. The number of pyridine rings is 1. The Bertz CT molecular complexity index is 1380. The number of aliphatic hydroxyl groups is 1. The minimum absolute atomic E-state index is 0.148. The monoisotopic (exact) mass is 473 g/mol. The van der Waals surface area contributed by atoms with Gasteiger partial charge in [-0.2, -0.15) is 18.3 Å². The lowest BCUT2D eigenvalue weighted by molar-refractivity contribution is -0.141. The van der Waals surface area contributed by atoms with Gasteiger partial charge < -0.3 is 15.0 Å². The second-order valence-corrected chi connectivity index (χ2v) is 7.39. The van der Waals surface area contributed by atoms with E-state index in [9.17, 15) is 27.9 Å². The molecule has 0 radical (unpaired) electrons. The van der Waals surface area contributed by atoms with Crippen molar-refractivity contribution in [1.29, 1.82) is 0 Å². The van der Waals surface area contributed by atoms with Gasteiger partial charge in [0.1, 0.15) is 18.5 Å². The maximum absolute atomic E-state index is 13.1. The van der Waals surface area contributed by atoms with Gasteiger partial charge in [-0.25, -0.2) is 9.97 Å². The second kappa shape index (κ2) is 9.02. The molecule has 4 aromatic heterocycles. The van der Waals surface area contributed by atoms with E-state index in [1.807, 2.05) is 0 Å². The number of carbonyl (C=O) groups is 2. The van der Waals surface area contributed by atoms with Gasteiger partial charge in [-0.05, 0) is 19.1 Å². The van der Waals surface area contributed by atoms with Crippen LogP contribution in [0.2, 0.25) is 0 Å². The molecule has 0 saturated heterocycles. The lowest BCUT2D eigenvalue weighted by atomic mass is 10.1. The number of nitrogens with zero attached hydrogens (tertiary/aromatic N) is 6. The van der Waals surface area contributed by atoms with Crippen LogP contribution in [0.5, 0.6) is 0 Å². The molecule has 176 valence electrons. The molecule has 10 nitrogen and oxygen atoms in total. The van der Waals surface area contributed by atoms with Crippen LogP contribution >= 0.6 is 0 Å². The van der Waals surface area contributed by atoms with Crippen molar-refractivity contribution in [1.82, 2.24) is 29.3 Å². The fourth-order valence-electron chi connectivity index (χ4n) is 3.42. The highest BCUT2D eigenvalue weighted by Crippen LogP contribution is 2.28. The Morgan fingerprint density at radius 3 is 2.65 bits per heavy atom. The fraction of sp³-hybridized carbons (Fsp3) is 0.238. The highest BCUT2D eigenvalue weighted by Gasteiger charge is 2.34. The number of hydrogen-bond acceptors (Lipinski definition) is 7. The molecule has 4 aromatic rings. The fourth-order valence-corrected chi connectivity index (χ4v) is 3.42. The van der Waals surface area contributed by atoms with E-state index in [1.165, 1.54) is 37.9 Å². The number of aromatic nitrogens is 6. The molecular weight excluding hydrogens is 455 g/mol. The number of halogens is 3. The van der Waals surface area contributed by atoms with Crippen molar-refractivity contribution in [3.8, 4) is 0 Å². The van der Waals surface area contributed by atoms with E-state index in [4.69, 9.17) is 0 Å². The van der Waals surface area contributed by atoms with Crippen molar-refractivity contribution < 1.29 is 27.9 Å². The van der Waals surface area contributed by atoms with Crippen LogP contribution in [0.3, 0.4) is 0 Å². The first-order valence-corrected chi connectivity index (χ1v) is 9.98. The van der Waals surface area contributed by atoms with E-state index in [-0.39, 0.29) is 30.1 Å². The summed E-state index contributed by atoms with van der Waals surface area (Å²) in [4.78, 5) is 37.6. The molecule has 4 heterocycles. The number of aliphatic hydroxyl groups excluding tert-OH is 1. The average molecular weight is 473 g/mol. The summed E-state index contributed by atoms with van der Waals surface area (Å²) in [7, 11) is 0. The topological polar surface area (TPSA) is 128 Å². The van der Waals surface area contributed by atoms with Crippen LogP contribution in [0.1, 0.15) is 27.3 Å². The summed E-state index contributed by atoms with van der Waals surface area (Å²) in [6.45, 7) is 1.04. The molecular formula is C21H18F3N7O3. The molecule has 2 N–H and O–H groups in total. The molecule has 4 rings (SSSR count). The number of rotatable bonds is 7. The van der Waals surface area contributed by atoms with Crippen molar-refractivity contribution in [2.45, 2.75) is 26.2 Å². The summed E-state index contributed by atoms with van der Waals surface area (Å²) in [6.07, 6.45) is 2.40. The number of amides is 1. The third-order valence-electron chi connectivity index (χ3n) is 4.97. The highest BCUT2D eigenvalue weighted by atomic mass is 19.4. The van der Waals surface area contributed by atoms with Crippen LogP contribution in [0.25, 0.3) is 11.0 Å². The van der Waals surface area contributed by atoms with Crippen LogP contribution in [0.15, 0.2) is 43.2 Å². The largest absolute Gasteiger partial charge is 0.435 e. The molecule has 0 spiro atoms. The normalized spacial score (nSPS) is 11.7. The summed E-state index contributed by atoms with van der Waals surface area (Å²) in [5.41, 5.74) is 0.215. The molecule has 0 aliphatic rings. The minimum atomic E-state index is -4.61. The molecule has 13 heteroatoms. The van der Waals surface area contributed by atoms with Crippen LogP contribution < -0.4 is 5.32 Å². The van der Waals surface area contributed by atoms with E-state index < -0.39 is 30.1 Å². The minimum Gasteiger partial charge on any atom is -0.395 e. The van der Waals surface area contributed by atoms with E-state index in [0.717, 1.165) is 10.7 Å². The van der Waals surface area contributed by atoms with Crippen molar-refractivity contribution in [3.63, 3.8) is 0 Å². The third-order valence-corrected chi connectivity index (χ3v) is 4.97. The Morgan fingerprint density at radius 2 is 1.94 bits per heavy atom. The average Bonchev–Trinajstić information content (AvgIpc) is 3.34. The number of fused-ring (bicyclic) bond motifs is 1. The van der Waals surface area contributed by atoms with Gasteiger partial charge in [0.15, 0.2) is 11.5 Å². The van der Waals surface area contributed by atoms with Crippen molar-refractivity contribution in [2.24, 2.45) is 0 Å². The summed E-state index contributed by atoms with van der Waals surface area (Å²) >= 11 is 0. The maximum Gasteiger partial charge on any atom is 0.435 e. The number of alkyl halides is 3. The first-order chi connectivity index (χ1) is 16.2. The molecule has 0 fully saturated rings. The number of ketones is 1. The summed E-state index contributed by atoms with van der Waals surface area (Å²) in [6, 6.07) is 2.26. The molecule has 0 aliphatic heterocycles. The molecule has 0 aliphatic carbocycles. The van der Waals surface area contributed by atoms with Crippen molar-refractivity contribution in [3.05, 3.63) is 65.8 Å². The quantitative estimate of drug-likeness (QED) is 0.394. The zero-order valence-electron chi connectivity index (χ0n) is 17.7. The second-order valence-electron chi connectivity index (χ2n) is 7.39. The molecule has 0 aromatic carbocycles. The van der Waals surface area contributed by atoms with Crippen molar-refractivity contribution >= 4 is 28.4 Å². The Balaban J connectivity index is 1.54. The van der Waals surface area contributed by atoms with E-state index in [2.05, 4.69) is 25.4 Å². The Labute approximate surface area is 190 Å². The first kappa shape index (κ1) is 23.0. The van der Waals surface area contributed by atoms with Crippen LogP contribution in [-0.4, -0.2) is 52.7 Å². The van der Waals surface area contributed by atoms with Gasteiger partial charge in [-0.15, -0.1) is 0 Å². The van der Waals surface area contributed by atoms with Gasteiger partial charge in [0.05, 0.1) is 24.1 Å². The van der Waals surface area contributed by atoms with E-state index >= 15 is 0 Å². The van der Waals surface area contributed by atoms with Gasteiger partial charge in [0.25, 0.3) is 0 Å². The lowest BCUT2D eigenvalue weighted by Gasteiger charge is -2.08. The molecule has 0 unspecified atom stereocenters. The smallest absolute Gasteiger partial charge is 0.395 e. The van der Waals surface area contributed by atoms with E-state index in [0.29, 0.717) is 16.6 Å². The van der Waals surface area contributed by atoms with Crippen LogP contribution in [-0.2, 0) is 24.1 Å². The predicted octanol–water partition coefficient (Wildman–Crippen LogP) is 2.21. The molecule has 0 atom stereocenters. The lowest BCUT2D eigenvalue weighted by Crippen LogP contribution is -2.21. The van der Waals surface area contributed by atoms with Gasteiger partial charge >= 0.3 is 6.18 Å². The molecule has 0 bridgehead atoms. The number of hydrogen-bond donors (Lipinski definition) is 2. The van der Waals surface area contributed by atoms with Crippen LogP contribution in [0.4, 0.5) is 18.9 Å².